The Morgan fingerprint density at radius 3 is 2.80 bits per heavy atom. The summed E-state index contributed by atoms with van der Waals surface area (Å²) in [7, 11) is 0. The zero-order valence-electron chi connectivity index (χ0n) is 7.82. The maximum absolute atomic E-state index is 11.3. The van der Waals surface area contributed by atoms with E-state index in [4.69, 9.17) is 5.11 Å². The van der Waals surface area contributed by atoms with Crippen LogP contribution in [0, 0.1) is 0 Å². The van der Waals surface area contributed by atoms with E-state index in [1.165, 1.54) is 18.5 Å². The van der Waals surface area contributed by atoms with Crippen molar-refractivity contribution in [3.63, 3.8) is 0 Å². The van der Waals surface area contributed by atoms with Crippen LogP contribution < -0.4 is 10.7 Å². The molecule has 0 atom stereocenters. The van der Waals surface area contributed by atoms with Crippen molar-refractivity contribution in [1.82, 2.24) is 10.3 Å². The summed E-state index contributed by atoms with van der Waals surface area (Å²) < 4.78 is 0. The first-order chi connectivity index (χ1) is 7.11. The summed E-state index contributed by atoms with van der Waals surface area (Å²) in [6.07, 6.45) is 2.52. The quantitative estimate of drug-likeness (QED) is 0.628. The number of aromatic amines is 1. The normalized spacial score (nSPS) is 9.60. The summed E-state index contributed by atoms with van der Waals surface area (Å²) in [5.41, 5.74) is -0.426. The van der Waals surface area contributed by atoms with Crippen LogP contribution in [0.2, 0.25) is 0 Å². The molecule has 80 valence electrons. The van der Waals surface area contributed by atoms with E-state index in [2.05, 4.69) is 10.3 Å². The molecule has 1 aromatic rings. The Morgan fingerprint density at radius 2 is 2.20 bits per heavy atom. The first-order valence-electron chi connectivity index (χ1n) is 4.28. The van der Waals surface area contributed by atoms with Crippen molar-refractivity contribution in [1.29, 1.82) is 0 Å². The van der Waals surface area contributed by atoms with Crippen LogP contribution in [0.25, 0.3) is 0 Å². The van der Waals surface area contributed by atoms with Gasteiger partial charge in [-0.05, 0) is 0 Å². The van der Waals surface area contributed by atoms with Gasteiger partial charge in [0.15, 0.2) is 5.43 Å². The number of nitrogens with one attached hydrogen (secondary N) is 2. The number of pyridine rings is 1. The monoisotopic (exact) mass is 210 g/mol. The molecule has 0 aliphatic carbocycles. The standard InChI is InChI=1S/C9H10N2O4/c12-7-1-3-10-5-6(7)9(15)11-4-2-8(13)14/h1,3,5H,2,4H2,(H,10,12)(H,11,15)(H,13,14). The molecule has 0 unspecified atom stereocenters. The van der Waals surface area contributed by atoms with Crippen molar-refractivity contribution < 1.29 is 14.7 Å². The van der Waals surface area contributed by atoms with E-state index >= 15 is 0 Å². The zero-order valence-corrected chi connectivity index (χ0v) is 7.82. The van der Waals surface area contributed by atoms with Gasteiger partial charge in [0.1, 0.15) is 5.56 Å². The number of rotatable bonds is 4. The Labute approximate surface area is 84.9 Å². The molecule has 0 aromatic carbocycles. The largest absolute Gasteiger partial charge is 0.481 e. The Morgan fingerprint density at radius 1 is 1.47 bits per heavy atom. The smallest absolute Gasteiger partial charge is 0.305 e. The van der Waals surface area contributed by atoms with Crippen LogP contribution in [0.15, 0.2) is 23.3 Å². The van der Waals surface area contributed by atoms with Crippen LogP contribution >= 0.6 is 0 Å². The SMILES string of the molecule is O=C(O)CCNC(=O)c1c[nH]ccc1=O. The van der Waals surface area contributed by atoms with Gasteiger partial charge in [0.25, 0.3) is 5.91 Å². The van der Waals surface area contributed by atoms with Crippen LogP contribution in [0.4, 0.5) is 0 Å². The third-order valence-corrected chi connectivity index (χ3v) is 1.69. The van der Waals surface area contributed by atoms with Crippen molar-refractivity contribution in [3.8, 4) is 0 Å². The fourth-order valence-electron chi connectivity index (χ4n) is 0.972. The number of aromatic nitrogens is 1. The van der Waals surface area contributed by atoms with Crippen molar-refractivity contribution in [2.24, 2.45) is 0 Å². The van der Waals surface area contributed by atoms with Gasteiger partial charge in [0, 0.05) is 25.0 Å². The van der Waals surface area contributed by atoms with Crippen LogP contribution in [-0.4, -0.2) is 28.5 Å². The Bertz CT molecular complexity index is 424. The number of carbonyl (C=O) groups excluding carboxylic acids is 1. The minimum atomic E-state index is -1.00. The van der Waals surface area contributed by atoms with Gasteiger partial charge in [-0.25, -0.2) is 0 Å². The average molecular weight is 210 g/mol. The minimum absolute atomic E-state index is 0.00248. The van der Waals surface area contributed by atoms with Gasteiger partial charge in [-0.15, -0.1) is 0 Å². The van der Waals surface area contributed by atoms with E-state index in [9.17, 15) is 14.4 Å². The number of H-pyrrole nitrogens is 1. The maximum Gasteiger partial charge on any atom is 0.305 e. The van der Waals surface area contributed by atoms with Crippen molar-refractivity contribution >= 4 is 11.9 Å². The molecule has 3 N–H and O–H groups in total. The van der Waals surface area contributed by atoms with E-state index < -0.39 is 17.3 Å². The molecule has 0 bridgehead atoms. The van der Waals surface area contributed by atoms with E-state index in [1.54, 1.807) is 0 Å². The van der Waals surface area contributed by atoms with Crippen LogP contribution in [0.3, 0.4) is 0 Å². The van der Waals surface area contributed by atoms with Crippen molar-refractivity contribution in [2.45, 2.75) is 6.42 Å². The summed E-state index contributed by atoms with van der Waals surface area (Å²) in [6, 6.07) is 1.23. The number of aliphatic carboxylic acids is 1. The molecule has 0 aliphatic rings. The van der Waals surface area contributed by atoms with Crippen LogP contribution in [0.5, 0.6) is 0 Å². The van der Waals surface area contributed by atoms with Gasteiger partial charge in [0.2, 0.25) is 0 Å². The molecule has 0 saturated carbocycles. The Balaban J connectivity index is 2.58. The van der Waals surface area contributed by atoms with E-state index in [0.717, 1.165) is 0 Å². The minimum Gasteiger partial charge on any atom is -0.481 e. The summed E-state index contributed by atoms with van der Waals surface area (Å²) in [5.74, 6) is -1.57. The van der Waals surface area contributed by atoms with Gasteiger partial charge in [0.05, 0.1) is 6.42 Å². The topological polar surface area (TPSA) is 99.3 Å². The summed E-state index contributed by atoms with van der Waals surface area (Å²) in [5, 5.41) is 10.7. The molecule has 1 rings (SSSR count). The highest BCUT2D eigenvalue weighted by atomic mass is 16.4. The summed E-state index contributed by atoms with van der Waals surface area (Å²) in [6.45, 7) is 0.00248. The molecule has 0 aliphatic heterocycles. The van der Waals surface area contributed by atoms with Gasteiger partial charge >= 0.3 is 5.97 Å². The molecular weight excluding hydrogens is 200 g/mol. The molecule has 0 fully saturated rings. The van der Waals surface area contributed by atoms with Crippen LogP contribution in [0.1, 0.15) is 16.8 Å². The second kappa shape index (κ2) is 4.94. The number of hydrogen-bond acceptors (Lipinski definition) is 3. The molecule has 1 amide bonds. The average Bonchev–Trinajstić information content (AvgIpc) is 2.17. The first kappa shape index (κ1) is 11.0. The van der Waals surface area contributed by atoms with Crippen molar-refractivity contribution in [2.75, 3.05) is 6.54 Å². The lowest BCUT2D eigenvalue weighted by Gasteiger charge is -2.01. The first-order valence-corrected chi connectivity index (χ1v) is 4.28. The number of amides is 1. The lowest BCUT2D eigenvalue weighted by molar-refractivity contribution is -0.136. The number of hydrogen-bond donors (Lipinski definition) is 3. The molecule has 6 heteroatoms. The highest BCUT2D eigenvalue weighted by molar-refractivity contribution is 5.93. The second-order valence-corrected chi connectivity index (χ2v) is 2.82. The molecule has 0 saturated heterocycles. The summed E-state index contributed by atoms with van der Waals surface area (Å²) in [4.78, 5) is 35.3. The molecule has 1 heterocycles. The molecule has 0 spiro atoms. The van der Waals surface area contributed by atoms with Gasteiger partial charge in [-0.2, -0.15) is 0 Å². The third kappa shape index (κ3) is 3.26. The zero-order chi connectivity index (χ0) is 11.3. The fraction of sp³-hybridized carbons (Fsp3) is 0.222. The van der Waals surface area contributed by atoms with E-state index in [1.807, 2.05) is 0 Å². The molecule has 6 nitrogen and oxygen atoms in total. The predicted octanol–water partition coefficient (Wildman–Crippen LogP) is -0.421. The molecule has 0 radical (unpaired) electrons. The van der Waals surface area contributed by atoms with Gasteiger partial charge in [-0.3, -0.25) is 14.4 Å². The third-order valence-electron chi connectivity index (χ3n) is 1.69. The maximum atomic E-state index is 11.3. The Hall–Kier alpha value is -2.11. The van der Waals surface area contributed by atoms with Gasteiger partial charge in [-0.1, -0.05) is 0 Å². The lowest BCUT2D eigenvalue weighted by atomic mass is 10.2. The second-order valence-electron chi connectivity index (χ2n) is 2.82. The highest BCUT2D eigenvalue weighted by Crippen LogP contribution is 1.88. The summed E-state index contributed by atoms with van der Waals surface area (Å²) >= 11 is 0. The predicted molar refractivity (Wildman–Crippen MR) is 51.6 cm³/mol. The fourth-order valence-corrected chi connectivity index (χ4v) is 0.972. The van der Waals surface area contributed by atoms with E-state index in [0.29, 0.717) is 0 Å². The number of carbonyl (C=O) groups is 2. The number of carboxylic acids is 1. The van der Waals surface area contributed by atoms with Crippen LogP contribution in [-0.2, 0) is 4.79 Å². The lowest BCUT2D eigenvalue weighted by Crippen LogP contribution is -2.30. The highest BCUT2D eigenvalue weighted by Gasteiger charge is 2.08. The van der Waals surface area contributed by atoms with Gasteiger partial charge < -0.3 is 15.4 Å². The number of carboxylic acid groups (broad SMARTS) is 1. The van der Waals surface area contributed by atoms with Crippen molar-refractivity contribution in [3.05, 3.63) is 34.2 Å². The molecule has 15 heavy (non-hydrogen) atoms. The molecule has 1 aromatic heterocycles. The Kier molecular flexibility index (Phi) is 3.61. The van der Waals surface area contributed by atoms with E-state index in [-0.39, 0.29) is 18.5 Å². The molecular formula is C9H10N2O4.